The number of amides is 4. The van der Waals surface area contributed by atoms with Gasteiger partial charge in [-0.05, 0) is 13.3 Å². The van der Waals surface area contributed by atoms with Crippen LogP contribution < -0.4 is 10.3 Å². The molecule has 2 N–H and O–H groups in total. The highest BCUT2D eigenvalue weighted by Gasteiger charge is 2.53. The molecule has 0 aliphatic carbocycles. The third kappa shape index (κ3) is 2.11. The molecule has 9 nitrogen and oxygen atoms in total. The van der Waals surface area contributed by atoms with Gasteiger partial charge in [-0.25, -0.2) is 13.9 Å². The molecule has 1 fully saturated rings. The molecule has 23 heavy (non-hydrogen) atoms. The normalized spacial score (nSPS) is 19.8. The maximum atomic E-state index is 12.7. The zero-order valence-corrected chi connectivity index (χ0v) is 13.3. The number of aryl methyl sites for hydroxylation is 1. The van der Waals surface area contributed by atoms with Crippen LogP contribution in [-0.4, -0.2) is 51.6 Å². The lowest BCUT2D eigenvalue weighted by atomic mass is 10.1. The Labute approximate surface area is 133 Å². The van der Waals surface area contributed by atoms with Crippen molar-refractivity contribution in [2.75, 3.05) is 13.6 Å². The number of likely N-dealkylation sites (N-methyl/N-ethyl adjacent to an activating group) is 1. The van der Waals surface area contributed by atoms with E-state index in [1.54, 1.807) is 4.57 Å². The average Bonchev–Trinajstić information content (AvgIpc) is 2.98. The number of nitrogens with two attached hydrogens (primary N) is 1. The van der Waals surface area contributed by atoms with Crippen molar-refractivity contribution in [2.45, 2.75) is 32.9 Å². The van der Waals surface area contributed by atoms with Crippen molar-refractivity contribution in [1.82, 2.24) is 14.4 Å². The molecule has 1 atom stereocenters. The fraction of sp³-hybridized carbons (Fsp3) is 0.500. The van der Waals surface area contributed by atoms with Crippen LogP contribution in [0.15, 0.2) is 11.2 Å². The molecule has 1 saturated heterocycles. The minimum atomic E-state index is -0.733. The molecule has 0 radical (unpaired) electrons. The monoisotopic (exact) mass is 319 g/mol. The van der Waals surface area contributed by atoms with E-state index < -0.39 is 30.4 Å². The highest BCUT2D eigenvalue weighted by molar-refractivity contribution is 6.19. The van der Waals surface area contributed by atoms with Gasteiger partial charge in [-0.15, -0.1) is 0 Å². The van der Waals surface area contributed by atoms with Crippen LogP contribution in [-0.2, 0) is 16.1 Å². The van der Waals surface area contributed by atoms with E-state index in [1.165, 1.54) is 11.9 Å². The third-order valence-corrected chi connectivity index (χ3v) is 4.08. The Morgan fingerprint density at radius 3 is 2.74 bits per heavy atom. The van der Waals surface area contributed by atoms with Gasteiger partial charge in [-0.3, -0.25) is 19.4 Å². The van der Waals surface area contributed by atoms with Crippen LogP contribution in [0.2, 0.25) is 0 Å². The van der Waals surface area contributed by atoms with Crippen molar-refractivity contribution in [3.05, 3.63) is 11.9 Å². The summed E-state index contributed by atoms with van der Waals surface area (Å²) in [5, 5.41) is 0. The molecule has 1 aromatic rings. The molecule has 2 aliphatic heterocycles. The van der Waals surface area contributed by atoms with E-state index in [9.17, 15) is 14.4 Å². The Morgan fingerprint density at radius 2 is 2.13 bits per heavy atom. The summed E-state index contributed by atoms with van der Waals surface area (Å²) in [6, 6.07) is -1.32. The second kappa shape index (κ2) is 5.18. The molecular formula is C14H19N6O3+. The molecule has 9 heteroatoms. The SMILES string of the molecule is CCCn1c(C)c[n+]2c1N=C1C2C(=O)N(CC(N)=O)C(=O)N1C. The molecule has 0 bridgehead atoms. The lowest BCUT2D eigenvalue weighted by Gasteiger charge is -2.32. The summed E-state index contributed by atoms with van der Waals surface area (Å²) >= 11 is 0. The molecule has 3 heterocycles. The van der Waals surface area contributed by atoms with E-state index in [4.69, 9.17) is 5.73 Å². The number of fused-ring (bicyclic) bond motifs is 3. The van der Waals surface area contributed by atoms with E-state index >= 15 is 0 Å². The van der Waals surface area contributed by atoms with Crippen molar-refractivity contribution >= 4 is 29.6 Å². The molecular weight excluding hydrogens is 300 g/mol. The van der Waals surface area contributed by atoms with Gasteiger partial charge in [0.15, 0.2) is 0 Å². The second-order valence-corrected chi connectivity index (χ2v) is 5.73. The van der Waals surface area contributed by atoms with Gasteiger partial charge >= 0.3 is 12.0 Å². The lowest BCUT2D eigenvalue weighted by Crippen LogP contribution is -2.63. The van der Waals surface area contributed by atoms with Gasteiger partial charge in [0.25, 0.3) is 5.91 Å². The topological polar surface area (TPSA) is 105 Å². The van der Waals surface area contributed by atoms with Gasteiger partial charge in [-0.2, -0.15) is 0 Å². The number of imidazole rings is 1. The number of primary amides is 1. The smallest absolute Gasteiger partial charge is 0.368 e. The van der Waals surface area contributed by atoms with Gasteiger partial charge in [0, 0.05) is 7.05 Å². The molecule has 4 amide bonds. The van der Waals surface area contributed by atoms with Crippen LogP contribution in [0.1, 0.15) is 25.1 Å². The first-order valence-corrected chi connectivity index (χ1v) is 7.44. The molecule has 1 aromatic heterocycles. The van der Waals surface area contributed by atoms with Crippen LogP contribution in [0.25, 0.3) is 0 Å². The number of carbonyl (C=O) groups is 3. The number of rotatable bonds is 4. The Morgan fingerprint density at radius 1 is 1.43 bits per heavy atom. The van der Waals surface area contributed by atoms with Crippen molar-refractivity contribution in [1.29, 1.82) is 0 Å². The zero-order valence-electron chi connectivity index (χ0n) is 13.3. The minimum Gasteiger partial charge on any atom is -0.368 e. The second-order valence-electron chi connectivity index (χ2n) is 5.73. The van der Waals surface area contributed by atoms with Gasteiger partial charge in [0.2, 0.25) is 17.8 Å². The first-order valence-electron chi connectivity index (χ1n) is 7.44. The molecule has 0 saturated carbocycles. The number of hydrogen-bond acceptors (Lipinski definition) is 4. The Hall–Kier alpha value is -2.71. The van der Waals surface area contributed by atoms with Crippen LogP contribution in [0.5, 0.6) is 0 Å². The average molecular weight is 319 g/mol. The summed E-state index contributed by atoms with van der Waals surface area (Å²) in [5.41, 5.74) is 6.13. The van der Waals surface area contributed by atoms with Gasteiger partial charge in [-0.1, -0.05) is 11.9 Å². The highest BCUT2D eigenvalue weighted by atomic mass is 16.2. The Kier molecular flexibility index (Phi) is 3.42. The fourth-order valence-corrected chi connectivity index (χ4v) is 3.03. The van der Waals surface area contributed by atoms with Crippen molar-refractivity contribution in [3.63, 3.8) is 0 Å². The number of aliphatic imine (C=N–C) groups is 1. The van der Waals surface area contributed by atoms with Crippen LogP contribution >= 0.6 is 0 Å². The van der Waals surface area contributed by atoms with Crippen LogP contribution in [0.4, 0.5) is 10.7 Å². The molecule has 0 aromatic carbocycles. The van der Waals surface area contributed by atoms with Crippen molar-refractivity contribution in [2.24, 2.45) is 10.7 Å². The summed E-state index contributed by atoms with van der Waals surface area (Å²) in [5.74, 6) is -0.203. The van der Waals surface area contributed by atoms with Crippen molar-refractivity contribution in [3.8, 4) is 0 Å². The van der Waals surface area contributed by atoms with E-state index in [0.29, 0.717) is 11.8 Å². The first kappa shape index (κ1) is 15.2. The quantitative estimate of drug-likeness (QED) is 0.753. The van der Waals surface area contributed by atoms with Gasteiger partial charge < -0.3 is 5.73 Å². The first-order chi connectivity index (χ1) is 10.9. The summed E-state index contributed by atoms with van der Waals surface area (Å²) in [6.07, 6.45) is 2.77. The van der Waals surface area contributed by atoms with E-state index in [2.05, 4.69) is 11.9 Å². The van der Waals surface area contributed by atoms with Gasteiger partial charge in [0.05, 0.1) is 6.54 Å². The predicted molar refractivity (Wildman–Crippen MR) is 79.9 cm³/mol. The maximum Gasteiger partial charge on any atom is 0.401 e. The Balaban J connectivity index is 2.07. The summed E-state index contributed by atoms with van der Waals surface area (Å²) < 4.78 is 3.76. The molecule has 2 aliphatic rings. The lowest BCUT2D eigenvalue weighted by molar-refractivity contribution is -0.677. The zero-order chi connectivity index (χ0) is 16.9. The predicted octanol–water partition coefficient (Wildman–Crippen LogP) is -0.542. The number of carbonyl (C=O) groups excluding carboxylic acids is 3. The summed E-state index contributed by atoms with van der Waals surface area (Å²) in [7, 11) is 1.54. The standard InChI is InChI=1S/C14H18N6O3/c1-4-5-18-8(2)6-19-10-11(16-13(18)19)17(3)14(23)20(12(10)22)7-9(15)21/h6,10H,4-5,7H2,1-3H3,(H-,15,21)/p+1. The number of nitrogens with zero attached hydrogens (tertiary/aromatic N) is 5. The minimum absolute atomic E-state index is 0.376. The van der Waals surface area contributed by atoms with Gasteiger partial charge in [0.1, 0.15) is 18.4 Å². The number of hydrogen-bond donors (Lipinski definition) is 1. The summed E-state index contributed by atoms with van der Waals surface area (Å²) in [4.78, 5) is 42.8. The maximum absolute atomic E-state index is 12.7. The fourth-order valence-electron chi connectivity index (χ4n) is 3.03. The van der Waals surface area contributed by atoms with E-state index in [0.717, 1.165) is 23.6 Å². The number of aromatic nitrogens is 2. The highest BCUT2D eigenvalue weighted by Crippen LogP contribution is 2.29. The van der Waals surface area contributed by atoms with Crippen LogP contribution in [0.3, 0.4) is 0 Å². The largest absolute Gasteiger partial charge is 0.401 e. The third-order valence-electron chi connectivity index (χ3n) is 4.08. The molecule has 3 rings (SSSR count). The molecule has 0 spiro atoms. The summed E-state index contributed by atoms with van der Waals surface area (Å²) in [6.45, 7) is 4.34. The molecule has 122 valence electrons. The van der Waals surface area contributed by atoms with E-state index in [-0.39, 0.29) is 0 Å². The molecule has 1 unspecified atom stereocenters. The van der Waals surface area contributed by atoms with E-state index in [1.807, 2.05) is 17.7 Å². The number of amidine groups is 1. The van der Waals surface area contributed by atoms with Crippen molar-refractivity contribution < 1.29 is 19.0 Å². The Bertz CT molecular complexity index is 750. The van der Waals surface area contributed by atoms with Crippen LogP contribution in [0, 0.1) is 6.92 Å². The number of imide groups is 1. The number of urea groups is 1.